The molecule has 0 aromatic carbocycles. The van der Waals surface area contributed by atoms with Crippen LogP contribution in [0.5, 0.6) is 0 Å². The van der Waals surface area contributed by atoms with Crippen molar-refractivity contribution in [3.63, 3.8) is 0 Å². The number of hydrogen-bond acceptors (Lipinski definition) is 0. The summed E-state index contributed by atoms with van der Waals surface area (Å²) in [7, 11) is 0. The SMILES string of the molecule is C.C.C.FF.FF.FF.P. The van der Waals surface area contributed by atoms with E-state index in [1.54, 1.807) is 0 Å². The maximum atomic E-state index is 8.00. The van der Waals surface area contributed by atoms with Gasteiger partial charge in [-0.25, -0.2) is 0 Å². The first-order chi connectivity index (χ1) is 3.00. The van der Waals surface area contributed by atoms with E-state index in [0.29, 0.717) is 0 Å². The summed E-state index contributed by atoms with van der Waals surface area (Å²) in [5.41, 5.74) is 0. The van der Waals surface area contributed by atoms with Crippen LogP contribution >= 0.6 is 9.90 Å². The van der Waals surface area contributed by atoms with Gasteiger partial charge in [0.2, 0.25) is 0 Å². The molecule has 0 aliphatic carbocycles. The van der Waals surface area contributed by atoms with Crippen molar-refractivity contribution < 1.29 is 27.4 Å². The van der Waals surface area contributed by atoms with Crippen molar-refractivity contribution in [2.24, 2.45) is 0 Å². The molecule has 0 fully saturated rings. The van der Waals surface area contributed by atoms with Crippen molar-refractivity contribution in [1.29, 1.82) is 0 Å². The summed E-state index contributed by atoms with van der Waals surface area (Å²) in [4.78, 5) is 0. The Bertz CT molecular complexity index is 13.0. The number of hydrogen-bond donors (Lipinski definition) is 0. The first-order valence-electron chi connectivity index (χ1n) is 0.429. The summed E-state index contributed by atoms with van der Waals surface area (Å²) in [5, 5.41) is 0. The molecule has 7 heteroatoms. The fourth-order valence-corrected chi connectivity index (χ4v) is 0. The maximum absolute atomic E-state index is 8.00. The Morgan fingerprint density at radius 3 is 0.400 bits per heavy atom. The zero-order valence-electron chi connectivity index (χ0n) is 2.97. The van der Waals surface area contributed by atoms with Crippen LogP contribution in [0.4, 0.5) is 27.4 Å². The Morgan fingerprint density at radius 1 is 0.400 bits per heavy atom. The minimum absolute atomic E-state index is 0. The second-order valence-electron chi connectivity index (χ2n) is 0. The third kappa shape index (κ3) is 3940000. The summed E-state index contributed by atoms with van der Waals surface area (Å²) < 4.78 is 48.0. The van der Waals surface area contributed by atoms with Gasteiger partial charge in [0, 0.05) is 27.4 Å². The third-order valence-electron chi connectivity index (χ3n) is 0. The highest BCUT2D eigenvalue weighted by atomic mass is 31.0. The Hall–Kier alpha value is 0.01000. The molecule has 0 aromatic rings. The van der Waals surface area contributed by atoms with Crippen LogP contribution in [-0.2, 0) is 0 Å². The molecule has 0 amide bonds. The van der Waals surface area contributed by atoms with Gasteiger partial charge in [-0.1, -0.05) is 22.3 Å². The molecular formula is C3H15F6P. The van der Waals surface area contributed by atoms with E-state index in [0.717, 1.165) is 0 Å². The number of halogens is 6. The van der Waals surface area contributed by atoms with Gasteiger partial charge in [0.05, 0.1) is 0 Å². The minimum Gasteiger partial charge on any atom is -0.153 e. The molecule has 0 heterocycles. The lowest BCUT2D eigenvalue weighted by molar-refractivity contribution is 0.108. The molecule has 1 unspecified atom stereocenters. The Balaban J connectivity index is -0.00000000225. The average Bonchev–Trinajstić information content (AvgIpc) is 1.81. The molecule has 0 N–H and O–H groups in total. The fraction of sp³-hybridized carbons (Fsp3) is 1.00. The molecule has 0 saturated carbocycles. The van der Waals surface area contributed by atoms with E-state index in [2.05, 4.69) is 0 Å². The van der Waals surface area contributed by atoms with Gasteiger partial charge in [-0.2, -0.15) is 9.90 Å². The maximum Gasteiger partial charge on any atom is 0 e. The Kier molecular flexibility index (Phi) is 51800000. The minimum atomic E-state index is 0. The van der Waals surface area contributed by atoms with E-state index in [9.17, 15) is 0 Å². The predicted octanol–water partition coefficient (Wildman–Crippen LogP) is 4.49. The monoisotopic (exact) mass is 196 g/mol. The molecule has 0 bridgehead atoms. The average molecular weight is 196 g/mol. The highest BCUT2D eigenvalue weighted by Gasteiger charge is 1.00. The van der Waals surface area contributed by atoms with Gasteiger partial charge in [0.1, 0.15) is 0 Å². The molecule has 1 atom stereocenters. The van der Waals surface area contributed by atoms with Crippen LogP contribution in [0.2, 0.25) is 0 Å². The molecule has 10 heavy (non-hydrogen) atoms. The standard InChI is InChI=1S/3CH4.3F2.H3P/c;;;3*1-2;/h3*1H4;;;;1H3. The smallest absolute Gasteiger partial charge is 0 e. The van der Waals surface area contributed by atoms with Crippen molar-refractivity contribution in [3.05, 3.63) is 0 Å². The lowest BCUT2D eigenvalue weighted by Crippen LogP contribution is -0.580. The van der Waals surface area contributed by atoms with Gasteiger partial charge in [0.25, 0.3) is 0 Å². The van der Waals surface area contributed by atoms with Crippen LogP contribution in [0.15, 0.2) is 0 Å². The van der Waals surface area contributed by atoms with Crippen LogP contribution < -0.4 is 0 Å². The van der Waals surface area contributed by atoms with Gasteiger partial charge in [0.15, 0.2) is 0 Å². The highest BCUT2D eigenvalue weighted by molar-refractivity contribution is 6.92. The summed E-state index contributed by atoms with van der Waals surface area (Å²) >= 11 is 0. The lowest BCUT2D eigenvalue weighted by Gasteiger charge is -1.00. The zero-order chi connectivity index (χ0) is 6.00. The first kappa shape index (κ1) is 89.7. The first-order valence-corrected chi connectivity index (χ1v) is 0.429. The van der Waals surface area contributed by atoms with Crippen molar-refractivity contribution in [1.82, 2.24) is 0 Å². The quantitative estimate of drug-likeness (QED) is 0.395. The zero-order valence-corrected chi connectivity index (χ0v) is 4.39. The van der Waals surface area contributed by atoms with Gasteiger partial charge < -0.3 is 0 Å². The Labute approximate surface area is 60.8 Å². The van der Waals surface area contributed by atoms with Gasteiger partial charge in [-0.3, -0.25) is 0 Å². The normalized spacial score (nSPS) is 1.80. The summed E-state index contributed by atoms with van der Waals surface area (Å²) in [6.45, 7) is 0. The van der Waals surface area contributed by atoms with E-state index in [-0.39, 0.29) is 32.2 Å². The van der Waals surface area contributed by atoms with Crippen molar-refractivity contribution in [2.75, 3.05) is 0 Å². The topological polar surface area (TPSA) is 0 Å². The molecular weight excluding hydrogens is 181 g/mol. The summed E-state index contributed by atoms with van der Waals surface area (Å²) in [5.74, 6) is 0. The van der Waals surface area contributed by atoms with Crippen LogP contribution in [0, 0.1) is 0 Å². The third-order valence-corrected chi connectivity index (χ3v) is 0. The van der Waals surface area contributed by atoms with Gasteiger partial charge >= 0.3 is 0 Å². The summed E-state index contributed by atoms with van der Waals surface area (Å²) in [6, 6.07) is 0. The van der Waals surface area contributed by atoms with Crippen LogP contribution in [0.25, 0.3) is 0 Å². The van der Waals surface area contributed by atoms with Crippen LogP contribution in [-0.4, -0.2) is 0 Å². The van der Waals surface area contributed by atoms with Crippen molar-refractivity contribution in [2.45, 2.75) is 22.3 Å². The van der Waals surface area contributed by atoms with E-state index < -0.39 is 0 Å². The van der Waals surface area contributed by atoms with E-state index in [4.69, 9.17) is 27.4 Å². The van der Waals surface area contributed by atoms with Crippen molar-refractivity contribution >= 4 is 9.90 Å². The molecule has 0 radical (unpaired) electrons. The molecule has 0 aliphatic rings. The second-order valence-corrected chi connectivity index (χ2v) is 0. The summed E-state index contributed by atoms with van der Waals surface area (Å²) in [6.07, 6.45) is 0. The predicted molar refractivity (Wildman–Crippen MR) is 37.9 cm³/mol. The molecule has 0 aliphatic heterocycles. The molecule has 74 valence electrons. The highest BCUT2D eigenvalue weighted by Crippen LogP contribution is 1.42. The van der Waals surface area contributed by atoms with E-state index in [1.807, 2.05) is 0 Å². The van der Waals surface area contributed by atoms with Crippen molar-refractivity contribution in [3.8, 4) is 0 Å². The lowest BCUT2D eigenvalue weighted by atomic mass is 12.0. The Morgan fingerprint density at radius 2 is 0.400 bits per heavy atom. The van der Waals surface area contributed by atoms with E-state index in [1.165, 1.54) is 0 Å². The van der Waals surface area contributed by atoms with Gasteiger partial charge in [-0.05, 0) is 0 Å². The second kappa shape index (κ2) is 5780000. The fourth-order valence-electron chi connectivity index (χ4n) is 0. The molecule has 0 aromatic heterocycles. The molecule has 0 saturated heterocycles. The van der Waals surface area contributed by atoms with E-state index >= 15 is 0 Å². The van der Waals surface area contributed by atoms with Gasteiger partial charge in [-0.15, -0.1) is 0 Å². The largest absolute Gasteiger partial charge is 0.153 e. The molecule has 0 nitrogen and oxygen atoms in total. The number of rotatable bonds is 0. The molecule has 0 spiro atoms. The van der Waals surface area contributed by atoms with Crippen LogP contribution in [0.3, 0.4) is 0 Å². The van der Waals surface area contributed by atoms with Crippen LogP contribution in [0.1, 0.15) is 22.3 Å². The molecule has 0 rings (SSSR count).